The van der Waals surface area contributed by atoms with Crippen molar-refractivity contribution in [3.8, 4) is 11.6 Å². The molecule has 148 valence electrons. The fraction of sp³-hybridized carbons (Fsp3) is 0.0556. The van der Waals surface area contributed by atoms with Gasteiger partial charge in [0.15, 0.2) is 0 Å². The van der Waals surface area contributed by atoms with E-state index in [1.54, 1.807) is 30.5 Å². The third-order valence-corrected chi connectivity index (χ3v) is 3.80. The Morgan fingerprint density at radius 2 is 2.14 bits per heavy atom. The normalized spacial score (nSPS) is 10.6. The zero-order valence-electron chi connectivity index (χ0n) is 15.2. The topological polar surface area (TPSA) is 137 Å². The fourth-order valence-corrected chi connectivity index (χ4v) is 2.41. The Kier molecular flexibility index (Phi) is 6.38. The van der Waals surface area contributed by atoms with Crippen molar-refractivity contribution < 1.29 is 14.4 Å². The standard InChI is InChI=1S/C18H16ClN7O3/c1-28-24-9-13-16(20)22-10-23-17(13)29-12-4-5-15(14(19)7-12)26-18(27)25-11-3-2-6-21-8-11/h2-10H,1H3,(H2,20,22,23)(H2,25,26,27)/b24-9+. The molecule has 0 aliphatic carbocycles. The zero-order valence-corrected chi connectivity index (χ0v) is 15.9. The van der Waals surface area contributed by atoms with E-state index in [1.807, 2.05) is 0 Å². The first kappa shape index (κ1) is 19.8. The molecule has 0 unspecified atom stereocenters. The molecule has 0 spiro atoms. The number of nitrogens with zero attached hydrogens (tertiary/aromatic N) is 4. The molecule has 0 atom stereocenters. The number of aromatic nitrogens is 3. The Bertz CT molecular complexity index is 1030. The van der Waals surface area contributed by atoms with Crippen LogP contribution in [-0.4, -0.2) is 34.3 Å². The first-order valence-electron chi connectivity index (χ1n) is 8.19. The highest BCUT2D eigenvalue weighted by Gasteiger charge is 2.12. The van der Waals surface area contributed by atoms with Crippen molar-refractivity contribution in [3.05, 3.63) is 59.6 Å². The van der Waals surface area contributed by atoms with E-state index in [0.29, 0.717) is 22.7 Å². The van der Waals surface area contributed by atoms with Gasteiger partial charge in [-0.3, -0.25) is 4.98 Å². The molecule has 0 bridgehead atoms. The van der Waals surface area contributed by atoms with Crippen LogP contribution in [0.5, 0.6) is 11.6 Å². The molecule has 1 aromatic carbocycles. The summed E-state index contributed by atoms with van der Waals surface area (Å²) in [5, 5.41) is 9.21. The molecule has 11 heteroatoms. The number of urea groups is 1. The van der Waals surface area contributed by atoms with Gasteiger partial charge in [-0.1, -0.05) is 16.8 Å². The van der Waals surface area contributed by atoms with E-state index in [4.69, 9.17) is 22.1 Å². The van der Waals surface area contributed by atoms with Gasteiger partial charge in [0, 0.05) is 12.3 Å². The van der Waals surface area contributed by atoms with Crippen LogP contribution in [0, 0.1) is 0 Å². The van der Waals surface area contributed by atoms with Gasteiger partial charge >= 0.3 is 6.03 Å². The highest BCUT2D eigenvalue weighted by atomic mass is 35.5. The van der Waals surface area contributed by atoms with E-state index < -0.39 is 6.03 Å². The second kappa shape index (κ2) is 9.33. The molecule has 3 rings (SSSR count). The summed E-state index contributed by atoms with van der Waals surface area (Å²) in [5.41, 5.74) is 7.12. The Morgan fingerprint density at radius 3 is 2.86 bits per heavy atom. The van der Waals surface area contributed by atoms with Crippen LogP contribution in [0.2, 0.25) is 5.02 Å². The number of halogens is 1. The number of nitrogen functional groups attached to an aromatic ring is 1. The average molecular weight is 414 g/mol. The van der Waals surface area contributed by atoms with Gasteiger partial charge in [0.05, 0.1) is 28.8 Å². The van der Waals surface area contributed by atoms with Crippen molar-refractivity contribution in [2.75, 3.05) is 23.5 Å². The monoisotopic (exact) mass is 413 g/mol. The number of carbonyl (C=O) groups excluding carboxylic acids is 1. The third kappa shape index (κ3) is 5.30. The first-order chi connectivity index (χ1) is 14.1. The summed E-state index contributed by atoms with van der Waals surface area (Å²) in [6.45, 7) is 0. The number of anilines is 3. The molecule has 10 nitrogen and oxygen atoms in total. The molecule has 0 saturated carbocycles. The number of nitrogens with one attached hydrogen (secondary N) is 2. The number of hydrogen-bond acceptors (Lipinski definition) is 8. The summed E-state index contributed by atoms with van der Waals surface area (Å²) in [5.74, 6) is 0.718. The van der Waals surface area contributed by atoms with Crippen molar-refractivity contribution in [2.24, 2.45) is 5.16 Å². The number of nitrogens with two attached hydrogens (primary N) is 1. The lowest BCUT2D eigenvalue weighted by molar-refractivity contribution is 0.215. The largest absolute Gasteiger partial charge is 0.438 e. The van der Waals surface area contributed by atoms with Crippen molar-refractivity contribution in [1.29, 1.82) is 0 Å². The molecule has 2 heterocycles. The lowest BCUT2D eigenvalue weighted by Gasteiger charge is -2.12. The minimum atomic E-state index is -0.463. The predicted molar refractivity (Wildman–Crippen MR) is 109 cm³/mol. The lowest BCUT2D eigenvalue weighted by atomic mass is 10.3. The summed E-state index contributed by atoms with van der Waals surface area (Å²) < 4.78 is 5.72. The van der Waals surface area contributed by atoms with Gasteiger partial charge < -0.3 is 25.9 Å². The summed E-state index contributed by atoms with van der Waals surface area (Å²) in [7, 11) is 1.40. The Balaban J connectivity index is 1.72. The molecule has 0 aliphatic rings. The van der Waals surface area contributed by atoms with Crippen LogP contribution in [0.1, 0.15) is 5.56 Å². The number of amides is 2. The first-order valence-corrected chi connectivity index (χ1v) is 8.57. The SMILES string of the molecule is CO/N=C/c1c(N)ncnc1Oc1ccc(NC(=O)Nc2cccnc2)c(Cl)c1. The molecule has 0 aliphatic heterocycles. The van der Waals surface area contributed by atoms with Gasteiger partial charge in [-0.25, -0.2) is 14.8 Å². The molecule has 4 N–H and O–H groups in total. The number of pyridine rings is 1. The van der Waals surface area contributed by atoms with Crippen molar-refractivity contribution in [2.45, 2.75) is 0 Å². The van der Waals surface area contributed by atoms with Crippen molar-refractivity contribution >= 4 is 41.0 Å². The smallest absolute Gasteiger partial charge is 0.323 e. The number of hydrogen-bond donors (Lipinski definition) is 3. The van der Waals surface area contributed by atoms with Crippen LogP contribution >= 0.6 is 11.6 Å². The van der Waals surface area contributed by atoms with Gasteiger partial charge in [-0.15, -0.1) is 0 Å². The molecular formula is C18H16ClN7O3. The molecule has 2 amide bonds. The number of benzene rings is 1. The van der Waals surface area contributed by atoms with Gasteiger partial charge in [-0.05, 0) is 24.3 Å². The molecule has 0 fully saturated rings. The minimum absolute atomic E-state index is 0.171. The molecule has 3 aromatic rings. The maximum atomic E-state index is 12.1. The van der Waals surface area contributed by atoms with Gasteiger partial charge in [-0.2, -0.15) is 0 Å². The van der Waals surface area contributed by atoms with Crippen LogP contribution < -0.4 is 21.1 Å². The maximum Gasteiger partial charge on any atom is 0.323 e. The minimum Gasteiger partial charge on any atom is -0.438 e. The fourth-order valence-electron chi connectivity index (χ4n) is 2.19. The summed E-state index contributed by atoms with van der Waals surface area (Å²) >= 11 is 6.26. The number of ether oxygens (including phenoxy) is 1. The van der Waals surface area contributed by atoms with E-state index in [0.717, 1.165) is 0 Å². The van der Waals surface area contributed by atoms with Crippen LogP contribution in [0.3, 0.4) is 0 Å². The maximum absolute atomic E-state index is 12.1. The van der Waals surface area contributed by atoms with Gasteiger partial charge in [0.2, 0.25) is 5.88 Å². The van der Waals surface area contributed by atoms with Gasteiger partial charge in [0.25, 0.3) is 0 Å². The quantitative estimate of drug-likeness (QED) is 0.415. The molecule has 0 saturated heterocycles. The van der Waals surface area contributed by atoms with Crippen LogP contribution in [0.25, 0.3) is 0 Å². The van der Waals surface area contributed by atoms with E-state index in [-0.39, 0.29) is 16.7 Å². The van der Waals surface area contributed by atoms with E-state index in [9.17, 15) is 4.79 Å². The molecule has 29 heavy (non-hydrogen) atoms. The van der Waals surface area contributed by atoms with Crippen molar-refractivity contribution in [3.63, 3.8) is 0 Å². The number of rotatable bonds is 6. The van der Waals surface area contributed by atoms with Crippen LogP contribution in [-0.2, 0) is 4.84 Å². The summed E-state index contributed by atoms with van der Waals surface area (Å²) in [6, 6.07) is 7.69. The second-order valence-electron chi connectivity index (χ2n) is 5.46. The summed E-state index contributed by atoms with van der Waals surface area (Å²) in [4.78, 5) is 28.6. The lowest BCUT2D eigenvalue weighted by Crippen LogP contribution is -2.19. The van der Waals surface area contributed by atoms with Crippen LogP contribution in [0.15, 0.2) is 54.2 Å². The Labute approximate surface area is 170 Å². The highest BCUT2D eigenvalue weighted by molar-refractivity contribution is 6.34. The van der Waals surface area contributed by atoms with E-state index in [1.165, 1.54) is 31.9 Å². The molecule has 0 radical (unpaired) electrons. The van der Waals surface area contributed by atoms with E-state index >= 15 is 0 Å². The number of oxime groups is 1. The Morgan fingerprint density at radius 1 is 1.28 bits per heavy atom. The van der Waals surface area contributed by atoms with Crippen molar-refractivity contribution in [1.82, 2.24) is 15.0 Å². The van der Waals surface area contributed by atoms with Crippen LogP contribution in [0.4, 0.5) is 22.0 Å². The van der Waals surface area contributed by atoms with E-state index in [2.05, 4.69) is 35.6 Å². The highest BCUT2D eigenvalue weighted by Crippen LogP contribution is 2.31. The Hall–Kier alpha value is -3.92. The molecular weight excluding hydrogens is 398 g/mol. The molecule has 2 aromatic heterocycles. The summed E-state index contributed by atoms with van der Waals surface area (Å²) in [6.07, 6.45) is 5.73. The zero-order chi connectivity index (χ0) is 20.6. The average Bonchev–Trinajstić information content (AvgIpc) is 2.70. The van der Waals surface area contributed by atoms with Gasteiger partial charge in [0.1, 0.15) is 30.6 Å². The third-order valence-electron chi connectivity index (χ3n) is 3.49. The predicted octanol–water partition coefficient (Wildman–Crippen LogP) is 3.52. The number of carbonyl (C=O) groups is 1. The second-order valence-corrected chi connectivity index (χ2v) is 5.87.